The lowest BCUT2D eigenvalue weighted by atomic mass is 9.76. The van der Waals surface area contributed by atoms with E-state index in [-0.39, 0.29) is 51.9 Å². The molecule has 2 aliphatic rings. The number of aliphatic hydroxyl groups is 1. The lowest BCUT2D eigenvalue weighted by Crippen LogP contribution is -2.47. The molecule has 0 radical (unpaired) electrons. The van der Waals surface area contributed by atoms with E-state index >= 15 is 0 Å². The zero-order valence-corrected chi connectivity index (χ0v) is 22.8. The Morgan fingerprint density at radius 2 is 1.63 bits per heavy atom. The van der Waals surface area contributed by atoms with Gasteiger partial charge in [0.15, 0.2) is 27.3 Å². The van der Waals surface area contributed by atoms with Crippen LogP contribution < -0.4 is 5.32 Å². The molecule has 0 heterocycles. The molecule has 4 rings (SSSR count). The Labute approximate surface area is 224 Å². The number of fused-ring (bicyclic) bond motifs is 2. The monoisotopic (exact) mass is 593 g/mol. The van der Waals surface area contributed by atoms with Crippen LogP contribution in [0.3, 0.4) is 0 Å². The second-order valence-corrected chi connectivity index (χ2v) is 15.0. The molecule has 3 unspecified atom stereocenters. The van der Waals surface area contributed by atoms with E-state index in [1.807, 2.05) is 0 Å². The molecule has 0 aromatic heterocycles. The van der Waals surface area contributed by atoms with Crippen LogP contribution in [0.5, 0.6) is 0 Å². The zero-order valence-electron chi connectivity index (χ0n) is 20.4. The molecule has 38 heavy (non-hydrogen) atoms. The van der Waals surface area contributed by atoms with E-state index in [0.29, 0.717) is 25.0 Å². The minimum absolute atomic E-state index is 0.0317. The molecule has 2 saturated carbocycles. The lowest BCUT2D eigenvalue weighted by molar-refractivity contribution is -0.0212. The van der Waals surface area contributed by atoms with E-state index in [2.05, 4.69) is 5.32 Å². The minimum atomic E-state index is -4.09. The average Bonchev–Trinajstić information content (AvgIpc) is 3.14. The van der Waals surface area contributed by atoms with Crippen molar-refractivity contribution in [2.45, 2.75) is 54.8 Å². The smallest absolute Gasteiger partial charge is 0.255 e. The molecule has 1 amide bonds. The first-order valence-electron chi connectivity index (χ1n) is 12.1. The molecule has 208 valence electrons. The number of amides is 1. The third-order valence-corrected chi connectivity index (χ3v) is 12.1. The molecule has 2 fully saturated rings. The van der Waals surface area contributed by atoms with Crippen LogP contribution in [0.15, 0.2) is 35.2 Å². The van der Waals surface area contributed by atoms with Crippen molar-refractivity contribution in [1.29, 1.82) is 0 Å². The summed E-state index contributed by atoms with van der Waals surface area (Å²) in [6.45, 7) is 1.53. The summed E-state index contributed by atoms with van der Waals surface area (Å²) in [5.74, 6) is -6.65. The van der Waals surface area contributed by atoms with Crippen molar-refractivity contribution >= 4 is 42.9 Å². The second kappa shape index (κ2) is 10.4. The van der Waals surface area contributed by atoms with Gasteiger partial charge in [0.25, 0.3) is 5.91 Å². The number of sulfone groups is 2. The van der Waals surface area contributed by atoms with Crippen molar-refractivity contribution in [3.63, 3.8) is 0 Å². The molecule has 2 bridgehead atoms. The van der Waals surface area contributed by atoms with Crippen molar-refractivity contribution in [2.24, 2.45) is 11.8 Å². The van der Waals surface area contributed by atoms with Gasteiger partial charge in [-0.05, 0) is 62.1 Å². The summed E-state index contributed by atoms with van der Waals surface area (Å²) in [5.41, 5.74) is -1.80. The Balaban J connectivity index is 1.57. The Morgan fingerprint density at radius 1 is 1.05 bits per heavy atom. The summed E-state index contributed by atoms with van der Waals surface area (Å²) < 4.78 is 91.7. The van der Waals surface area contributed by atoms with Crippen molar-refractivity contribution in [1.82, 2.24) is 0 Å². The Bertz CT molecular complexity index is 1440. The van der Waals surface area contributed by atoms with Crippen LogP contribution in [0.1, 0.15) is 49.4 Å². The first kappa shape index (κ1) is 28.8. The van der Waals surface area contributed by atoms with Crippen LogP contribution >= 0.6 is 11.6 Å². The predicted octanol–water partition coefficient (Wildman–Crippen LogP) is 4.53. The van der Waals surface area contributed by atoms with E-state index < -0.39 is 65.7 Å². The summed E-state index contributed by atoms with van der Waals surface area (Å²) >= 11 is 6.24. The molecule has 13 heteroatoms. The number of carbonyl (C=O) groups is 1. The molecule has 0 aliphatic heterocycles. The zero-order chi connectivity index (χ0) is 28.0. The maximum absolute atomic E-state index is 13.8. The van der Waals surface area contributed by atoms with E-state index in [0.717, 1.165) is 6.07 Å². The van der Waals surface area contributed by atoms with Crippen LogP contribution in [0.25, 0.3) is 0 Å². The van der Waals surface area contributed by atoms with Crippen molar-refractivity contribution in [3.05, 3.63) is 58.4 Å². The van der Waals surface area contributed by atoms with Crippen LogP contribution in [0, 0.1) is 29.3 Å². The molecular formula is C25H27ClF3NO6S2. The van der Waals surface area contributed by atoms with Gasteiger partial charge >= 0.3 is 0 Å². The minimum Gasteiger partial charge on any atom is -0.390 e. The maximum atomic E-state index is 13.8. The van der Waals surface area contributed by atoms with Gasteiger partial charge in [0.05, 0.1) is 26.5 Å². The molecule has 2 aromatic carbocycles. The second-order valence-electron chi connectivity index (χ2n) is 10.1. The normalized spacial score (nSPS) is 25.4. The van der Waals surface area contributed by atoms with E-state index in [9.17, 15) is 39.9 Å². The first-order chi connectivity index (χ1) is 17.7. The van der Waals surface area contributed by atoms with Gasteiger partial charge in [-0.1, -0.05) is 18.5 Å². The van der Waals surface area contributed by atoms with Crippen LogP contribution in [-0.2, 0) is 19.7 Å². The van der Waals surface area contributed by atoms with E-state index in [4.69, 9.17) is 11.6 Å². The molecule has 0 spiro atoms. The number of hydrogen-bond acceptors (Lipinski definition) is 6. The predicted molar refractivity (Wildman–Crippen MR) is 136 cm³/mol. The highest BCUT2D eigenvalue weighted by Crippen LogP contribution is 2.52. The summed E-state index contributed by atoms with van der Waals surface area (Å²) in [5, 5.41) is 12.3. The molecular weight excluding hydrogens is 567 g/mol. The highest BCUT2D eigenvalue weighted by molar-refractivity contribution is 7.92. The molecule has 2 aromatic rings. The van der Waals surface area contributed by atoms with Crippen molar-refractivity contribution < 1.29 is 39.9 Å². The van der Waals surface area contributed by atoms with Gasteiger partial charge in [-0.15, -0.1) is 0 Å². The lowest BCUT2D eigenvalue weighted by Gasteiger charge is -2.41. The largest absolute Gasteiger partial charge is 0.390 e. The molecule has 2 N–H and O–H groups in total. The van der Waals surface area contributed by atoms with Crippen LogP contribution in [0.4, 0.5) is 18.9 Å². The van der Waals surface area contributed by atoms with E-state index in [1.165, 1.54) is 19.1 Å². The maximum Gasteiger partial charge on any atom is 0.255 e. The number of anilines is 1. The van der Waals surface area contributed by atoms with Crippen molar-refractivity contribution in [3.8, 4) is 0 Å². The quantitative estimate of drug-likeness (QED) is 0.434. The number of halogens is 4. The van der Waals surface area contributed by atoms with Gasteiger partial charge < -0.3 is 10.4 Å². The van der Waals surface area contributed by atoms with Gasteiger partial charge in [-0.3, -0.25) is 4.79 Å². The summed E-state index contributed by atoms with van der Waals surface area (Å²) in [6, 6.07) is 4.74. The third kappa shape index (κ3) is 5.73. The Morgan fingerprint density at radius 3 is 2.18 bits per heavy atom. The fourth-order valence-electron chi connectivity index (χ4n) is 5.68. The number of rotatable bonds is 8. The molecule has 4 atom stereocenters. The molecule has 7 nitrogen and oxygen atoms in total. The van der Waals surface area contributed by atoms with E-state index in [1.54, 1.807) is 0 Å². The standard InChI is InChI=1S/C25H27ClF3NO6S2/c1-2-37(33,34)8-7-25(32)12-15-3-4-16(13-25)23(15)38(35,36)21-9-14(5-6-18(21)26)24(31)30-17-10-19(27)22(29)20(28)11-17/h5-6,9-11,15-16,23,32H,2-4,7-8,12-13H2,1H3,(H,30,31)/t15-,16?,23?,25?/m0/s1. The number of hydrogen-bond donors (Lipinski definition) is 2. The number of carbonyl (C=O) groups excluding carboxylic acids is 1. The Kier molecular flexibility index (Phi) is 7.92. The summed E-state index contributed by atoms with van der Waals surface area (Å²) in [6.07, 6.45) is 1.37. The van der Waals surface area contributed by atoms with Gasteiger partial charge in [0.1, 0.15) is 9.84 Å². The summed E-state index contributed by atoms with van der Waals surface area (Å²) in [7, 11) is -7.38. The molecule has 0 saturated heterocycles. The summed E-state index contributed by atoms with van der Waals surface area (Å²) in [4.78, 5) is 12.4. The first-order valence-corrected chi connectivity index (χ1v) is 15.8. The Hall–Kier alpha value is -2.15. The molecule has 2 aliphatic carbocycles. The number of nitrogens with one attached hydrogen (secondary N) is 1. The third-order valence-electron chi connectivity index (χ3n) is 7.54. The average molecular weight is 594 g/mol. The topological polar surface area (TPSA) is 118 Å². The van der Waals surface area contributed by atoms with Gasteiger partial charge in [0, 0.05) is 29.1 Å². The van der Waals surface area contributed by atoms with Crippen LogP contribution in [-0.4, -0.2) is 50.2 Å². The fraction of sp³-hybridized carbons (Fsp3) is 0.480. The van der Waals surface area contributed by atoms with Gasteiger partial charge in [0.2, 0.25) is 0 Å². The van der Waals surface area contributed by atoms with Crippen LogP contribution in [0.2, 0.25) is 5.02 Å². The van der Waals surface area contributed by atoms with Crippen molar-refractivity contribution in [2.75, 3.05) is 16.8 Å². The highest BCUT2D eigenvalue weighted by Gasteiger charge is 2.54. The fourth-order valence-corrected chi connectivity index (χ4v) is 9.50. The van der Waals surface area contributed by atoms with Gasteiger partial charge in [-0.25, -0.2) is 30.0 Å². The SMILES string of the molecule is CCS(=O)(=O)CCC1(O)CC2CC[C@@H](C1)C2S(=O)(=O)c1cc(C(=O)Nc2cc(F)c(F)c(F)c2)ccc1Cl. The van der Waals surface area contributed by atoms with Gasteiger partial charge in [-0.2, -0.15) is 0 Å². The highest BCUT2D eigenvalue weighted by atomic mass is 35.5. The number of benzene rings is 2.